The molecule has 3 aliphatic heterocycles. The standard InChI is InChI=1S/C35H43NO14/c1-12-27(41)34(3,44)30(46-7)32(47-12)49-26-17-13(11-33(2,43)29(26)45-6)10-15-18(22(17)38)23(39)19-14(21(15)37)8-9-16-25(19)48-31-24(40)20(36-5)28(42)35(16,4)50-31/h8-10,12,20,24,26-32,36,38,40-44H,11H2,1-7H3/t12-,20?,24?,26?,27-,28?,29?,30-,31?,32-,33?,34+,35?/m0/s1. The predicted molar refractivity (Wildman–Crippen MR) is 170 cm³/mol. The number of fused-ring (bicyclic) bond motifs is 8. The zero-order valence-electron chi connectivity index (χ0n) is 28.7. The van der Waals surface area contributed by atoms with E-state index in [1.807, 2.05) is 0 Å². The number of aliphatic hydroxyl groups is 5. The molecule has 2 saturated heterocycles. The molecule has 13 atom stereocenters. The number of carbonyl (C=O) groups is 2. The van der Waals surface area contributed by atoms with E-state index in [0.29, 0.717) is 5.56 Å². The smallest absolute Gasteiger partial charge is 0.228 e. The van der Waals surface area contributed by atoms with Crippen molar-refractivity contribution in [1.82, 2.24) is 5.32 Å². The SMILES string of the molecule is CNC1C(O)C2Oc3c(ccc4c3C(=O)c3c(cc5c(c3O)C(O[C@@H]3O[C@@H](C)[C@H](O)[C@@](C)(O)[C@H]3OC)C(OC)C(C)(O)C5)C4=O)C(C)(O2)C1O. The fraction of sp³-hybridized carbons (Fsp3) is 0.600. The van der Waals surface area contributed by atoms with Crippen molar-refractivity contribution >= 4 is 11.6 Å². The highest BCUT2D eigenvalue weighted by molar-refractivity contribution is 6.30. The molecule has 3 heterocycles. The first-order chi connectivity index (χ1) is 23.4. The van der Waals surface area contributed by atoms with E-state index in [9.17, 15) is 40.2 Å². The third-order valence-electron chi connectivity index (χ3n) is 11.3. The third kappa shape index (κ3) is 4.70. The molecule has 2 bridgehead atoms. The molecule has 8 unspecified atom stereocenters. The Kier molecular flexibility index (Phi) is 8.29. The summed E-state index contributed by atoms with van der Waals surface area (Å²) in [4.78, 5) is 28.7. The van der Waals surface area contributed by atoms with Gasteiger partial charge in [0.25, 0.3) is 0 Å². The number of aliphatic hydroxyl groups excluding tert-OH is 3. The van der Waals surface area contributed by atoms with Crippen LogP contribution in [0.2, 0.25) is 0 Å². The summed E-state index contributed by atoms with van der Waals surface area (Å²) in [5.74, 6) is -2.03. The maximum atomic E-state index is 14.6. The van der Waals surface area contributed by atoms with Crippen LogP contribution in [0.1, 0.15) is 82.3 Å². The molecular weight excluding hydrogens is 658 g/mol. The van der Waals surface area contributed by atoms with E-state index in [1.165, 1.54) is 53.2 Å². The Morgan fingerprint density at radius 3 is 2.26 bits per heavy atom. The Hall–Kier alpha value is -3.06. The molecule has 0 spiro atoms. The number of ketones is 2. The first kappa shape index (κ1) is 35.3. The van der Waals surface area contributed by atoms with Crippen LogP contribution in [0, 0.1) is 0 Å². The van der Waals surface area contributed by atoms with Crippen LogP contribution < -0.4 is 10.1 Å². The number of carbonyl (C=O) groups excluding carboxylic acids is 2. The Morgan fingerprint density at radius 2 is 1.62 bits per heavy atom. The molecule has 0 amide bonds. The van der Waals surface area contributed by atoms with Gasteiger partial charge in [0.15, 0.2) is 12.1 Å². The van der Waals surface area contributed by atoms with Crippen molar-refractivity contribution in [2.75, 3.05) is 21.3 Å². The maximum absolute atomic E-state index is 14.6. The number of rotatable bonds is 5. The first-order valence-electron chi connectivity index (χ1n) is 16.5. The average molecular weight is 702 g/mol. The monoisotopic (exact) mass is 701 g/mol. The van der Waals surface area contributed by atoms with Gasteiger partial charge in [-0.05, 0) is 52.4 Å². The number of methoxy groups -OCH3 is 2. The van der Waals surface area contributed by atoms with Crippen LogP contribution in [0.5, 0.6) is 11.5 Å². The van der Waals surface area contributed by atoms with Crippen LogP contribution in [-0.4, -0.2) is 130 Å². The van der Waals surface area contributed by atoms with Gasteiger partial charge >= 0.3 is 0 Å². The van der Waals surface area contributed by atoms with Gasteiger partial charge in [-0.15, -0.1) is 0 Å². The number of nitrogens with one attached hydrogen (secondary N) is 1. The van der Waals surface area contributed by atoms with Crippen molar-refractivity contribution in [3.63, 3.8) is 0 Å². The van der Waals surface area contributed by atoms with Gasteiger partial charge in [-0.2, -0.15) is 0 Å². The predicted octanol–water partition coefficient (Wildman–Crippen LogP) is -0.307. The highest BCUT2D eigenvalue weighted by Gasteiger charge is 2.59. The minimum absolute atomic E-state index is 0.0169. The second kappa shape index (κ2) is 11.7. The van der Waals surface area contributed by atoms with E-state index in [0.717, 1.165) is 0 Å². The summed E-state index contributed by atoms with van der Waals surface area (Å²) in [5.41, 5.74) is -4.93. The van der Waals surface area contributed by atoms with Crippen molar-refractivity contribution in [2.45, 2.75) is 112 Å². The normalized spacial score (nSPS) is 41.8. The Labute approximate surface area is 287 Å². The van der Waals surface area contributed by atoms with Gasteiger partial charge in [0, 0.05) is 42.9 Å². The topological polar surface area (TPSA) is 223 Å². The van der Waals surface area contributed by atoms with Crippen LogP contribution in [0.4, 0.5) is 0 Å². The van der Waals surface area contributed by atoms with E-state index in [4.69, 9.17) is 28.4 Å². The zero-order valence-corrected chi connectivity index (χ0v) is 28.7. The van der Waals surface area contributed by atoms with Crippen LogP contribution >= 0.6 is 0 Å². The van der Waals surface area contributed by atoms with Gasteiger partial charge in [-0.25, -0.2) is 0 Å². The summed E-state index contributed by atoms with van der Waals surface area (Å²) in [6.45, 7) is 6.01. The minimum atomic E-state index is -1.84. The average Bonchev–Trinajstić information content (AvgIpc) is 3.04. The van der Waals surface area contributed by atoms with Crippen LogP contribution in [0.25, 0.3) is 0 Å². The van der Waals surface area contributed by atoms with Gasteiger partial charge in [0.05, 0.1) is 28.9 Å². The summed E-state index contributed by atoms with van der Waals surface area (Å²) >= 11 is 0. The summed E-state index contributed by atoms with van der Waals surface area (Å²) in [5, 5.41) is 70.6. The van der Waals surface area contributed by atoms with Crippen LogP contribution in [0.15, 0.2) is 18.2 Å². The molecule has 272 valence electrons. The van der Waals surface area contributed by atoms with Gasteiger partial charge in [-0.3, -0.25) is 9.59 Å². The Bertz CT molecular complexity index is 1760. The lowest BCUT2D eigenvalue weighted by molar-refractivity contribution is -0.345. The lowest BCUT2D eigenvalue weighted by atomic mass is 9.71. The Balaban J connectivity index is 1.37. The van der Waals surface area contributed by atoms with Crippen molar-refractivity contribution < 1.29 is 68.6 Å². The molecule has 0 saturated carbocycles. The molecule has 50 heavy (non-hydrogen) atoms. The minimum Gasteiger partial charge on any atom is -0.507 e. The van der Waals surface area contributed by atoms with Gasteiger partial charge < -0.3 is 64.4 Å². The lowest BCUT2D eigenvalue weighted by Crippen LogP contribution is -2.68. The number of hydrogen-bond acceptors (Lipinski definition) is 15. The summed E-state index contributed by atoms with van der Waals surface area (Å²) < 4.78 is 35.6. The number of ether oxygens (including phenoxy) is 6. The summed E-state index contributed by atoms with van der Waals surface area (Å²) in [7, 11) is 4.21. The number of benzene rings is 2. The molecular formula is C35H43NO14. The number of phenolic OH excluding ortho intramolecular Hbond substituents is 1. The quantitative estimate of drug-likeness (QED) is 0.181. The van der Waals surface area contributed by atoms with E-state index < -0.39 is 95.5 Å². The van der Waals surface area contributed by atoms with Crippen molar-refractivity contribution in [3.8, 4) is 11.5 Å². The molecule has 2 aromatic carbocycles. The molecule has 2 aromatic rings. The number of phenols is 1. The lowest BCUT2D eigenvalue weighted by Gasteiger charge is -2.52. The molecule has 0 radical (unpaired) electrons. The van der Waals surface area contributed by atoms with Crippen molar-refractivity contribution in [3.05, 3.63) is 57.1 Å². The van der Waals surface area contributed by atoms with E-state index >= 15 is 0 Å². The van der Waals surface area contributed by atoms with Crippen molar-refractivity contribution in [1.29, 1.82) is 0 Å². The number of aromatic hydroxyl groups is 1. The molecule has 15 heteroatoms. The molecule has 5 aliphatic rings. The van der Waals surface area contributed by atoms with Gasteiger partial charge in [-0.1, -0.05) is 6.07 Å². The third-order valence-corrected chi connectivity index (χ3v) is 11.3. The zero-order chi connectivity index (χ0) is 36.4. The number of hydrogen-bond donors (Lipinski definition) is 7. The van der Waals surface area contributed by atoms with Crippen LogP contribution in [-0.2, 0) is 35.7 Å². The van der Waals surface area contributed by atoms with E-state index in [2.05, 4.69) is 5.32 Å². The molecule has 7 rings (SSSR count). The van der Waals surface area contributed by atoms with E-state index in [1.54, 1.807) is 14.0 Å². The fourth-order valence-electron chi connectivity index (χ4n) is 8.59. The fourth-order valence-corrected chi connectivity index (χ4v) is 8.59. The number of likely N-dealkylation sites (N-methyl/N-ethyl adjacent to an activating group) is 1. The molecule has 0 aromatic heterocycles. The molecule has 2 fully saturated rings. The Morgan fingerprint density at radius 1 is 0.940 bits per heavy atom. The molecule has 15 nitrogen and oxygen atoms in total. The summed E-state index contributed by atoms with van der Waals surface area (Å²) in [6, 6.07) is 3.58. The highest BCUT2D eigenvalue weighted by Crippen LogP contribution is 2.53. The first-order valence-corrected chi connectivity index (χ1v) is 16.5. The van der Waals surface area contributed by atoms with Crippen molar-refractivity contribution in [2.24, 2.45) is 0 Å². The molecule has 7 N–H and O–H groups in total. The van der Waals surface area contributed by atoms with Gasteiger partial charge in [0.1, 0.15) is 59.3 Å². The van der Waals surface area contributed by atoms with Crippen LogP contribution in [0.3, 0.4) is 0 Å². The maximum Gasteiger partial charge on any atom is 0.228 e. The summed E-state index contributed by atoms with van der Waals surface area (Å²) in [6.07, 6.45) is -11.4. The van der Waals surface area contributed by atoms with E-state index in [-0.39, 0.29) is 45.6 Å². The second-order valence-corrected chi connectivity index (χ2v) is 14.5. The highest BCUT2D eigenvalue weighted by atomic mass is 16.7. The van der Waals surface area contributed by atoms with Gasteiger partial charge in [0.2, 0.25) is 12.1 Å². The molecule has 2 aliphatic carbocycles. The second-order valence-electron chi connectivity index (χ2n) is 14.5. The largest absolute Gasteiger partial charge is 0.507 e.